The molecule has 0 unspecified atom stereocenters. The summed E-state index contributed by atoms with van der Waals surface area (Å²) < 4.78 is 0. The lowest BCUT2D eigenvalue weighted by molar-refractivity contribution is 0.105. The predicted octanol–water partition coefficient (Wildman–Crippen LogP) is 2.42. The molecule has 4 nitrogen and oxygen atoms in total. The van der Waals surface area contributed by atoms with Gasteiger partial charge in [0.25, 0.3) is 0 Å². The normalized spacial score (nSPS) is 12.7. The molecule has 0 radical (unpaired) electrons. The van der Waals surface area contributed by atoms with Crippen molar-refractivity contribution in [1.29, 1.82) is 5.26 Å². The first-order valence-electron chi connectivity index (χ1n) is 5.70. The van der Waals surface area contributed by atoms with Crippen molar-refractivity contribution < 1.29 is 4.79 Å². The van der Waals surface area contributed by atoms with E-state index >= 15 is 0 Å². The second-order valence-electron chi connectivity index (χ2n) is 4.15. The van der Waals surface area contributed by atoms with Gasteiger partial charge in [0.2, 0.25) is 5.78 Å². The van der Waals surface area contributed by atoms with E-state index in [0.717, 1.165) is 28.9 Å². The number of fused-ring (bicyclic) bond motifs is 1. The molecule has 0 bridgehead atoms. The highest BCUT2D eigenvalue weighted by Crippen LogP contribution is 2.32. The first kappa shape index (κ1) is 11.6. The molecule has 1 aromatic carbocycles. The fourth-order valence-electron chi connectivity index (χ4n) is 2.12. The second-order valence-corrected chi connectivity index (χ2v) is 5.18. The van der Waals surface area contributed by atoms with Crippen molar-refractivity contribution in [2.24, 2.45) is 0 Å². The summed E-state index contributed by atoms with van der Waals surface area (Å²) in [5, 5.41) is 9.39. The van der Waals surface area contributed by atoms with Crippen LogP contribution in [0, 0.1) is 11.3 Å². The SMILES string of the molecule is N#Cc1nc(C(=O)C2=CCc3ccccc32)sc1N. The van der Waals surface area contributed by atoms with Crippen LogP contribution in [0.3, 0.4) is 0 Å². The van der Waals surface area contributed by atoms with Gasteiger partial charge in [0.05, 0.1) is 0 Å². The quantitative estimate of drug-likeness (QED) is 0.847. The van der Waals surface area contributed by atoms with Gasteiger partial charge in [-0.3, -0.25) is 4.79 Å². The number of hydrogen-bond acceptors (Lipinski definition) is 5. The van der Waals surface area contributed by atoms with Gasteiger partial charge in [0.1, 0.15) is 11.1 Å². The van der Waals surface area contributed by atoms with Crippen molar-refractivity contribution in [3.8, 4) is 6.07 Å². The number of nitrogens with two attached hydrogens (primary N) is 1. The third-order valence-electron chi connectivity index (χ3n) is 3.03. The van der Waals surface area contributed by atoms with Crippen LogP contribution in [0.1, 0.15) is 26.6 Å². The first-order chi connectivity index (χ1) is 9.20. The molecule has 0 aliphatic heterocycles. The number of ketones is 1. The van der Waals surface area contributed by atoms with E-state index in [-0.39, 0.29) is 21.5 Å². The minimum atomic E-state index is -0.164. The van der Waals surface area contributed by atoms with Gasteiger partial charge >= 0.3 is 0 Å². The van der Waals surface area contributed by atoms with Crippen molar-refractivity contribution in [3.05, 3.63) is 52.2 Å². The number of nitrogen functional groups attached to an aromatic ring is 1. The largest absolute Gasteiger partial charge is 0.388 e. The van der Waals surface area contributed by atoms with Gasteiger partial charge in [-0.25, -0.2) is 4.98 Å². The van der Waals surface area contributed by atoms with Crippen LogP contribution in [-0.4, -0.2) is 10.8 Å². The summed E-state index contributed by atoms with van der Waals surface area (Å²) in [5.41, 5.74) is 8.50. The average Bonchev–Trinajstić information content (AvgIpc) is 3.01. The van der Waals surface area contributed by atoms with E-state index in [0.29, 0.717) is 5.57 Å². The maximum Gasteiger partial charge on any atom is 0.221 e. The summed E-state index contributed by atoms with van der Waals surface area (Å²) in [5.74, 6) is -0.164. The van der Waals surface area contributed by atoms with Crippen LogP contribution in [-0.2, 0) is 6.42 Å². The Morgan fingerprint density at radius 3 is 2.95 bits per heavy atom. The summed E-state index contributed by atoms with van der Waals surface area (Å²) in [6, 6.07) is 9.67. The molecule has 5 heteroatoms. The molecular weight excluding hydrogens is 258 g/mol. The third-order valence-corrected chi connectivity index (χ3v) is 3.92. The molecule has 1 aliphatic carbocycles. The molecular formula is C14H9N3OS. The highest BCUT2D eigenvalue weighted by atomic mass is 32.1. The zero-order valence-electron chi connectivity index (χ0n) is 9.88. The van der Waals surface area contributed by atoms with Gasteiger partial charge in [0, 0.05) is 5.57 Å². The monoisotopic (exact) mass is 267 g/mol. The molecule has 92 valence electrons. The number of allylic oxidation sites excluding steroid dienone is 2. The standard InChI is InChI=1S/C14H9N3OS/c15-7-11-13(16)19-14(17-11)12(18)10-6-5-8-3-1-2-4-9(8)10/h1-4,6H,5,16H2. The van der Waals surface area contributed by atoms with E-state index in [1.807, 2.05) is 36.4 Å². The number of nitrogens with zero attached hydrogens (tertiary/aromatic N) is 2. The summed E-state index contributed by atoms with van der Waals surface area (Å²) in [4.78, 5) is 16.4. The number of aromatic nitrogens is 1. The van der Waals surface area contributed by atoms with Crippen molar-refractivity contribution in [3.63, 3.8) is 0 Å². The van der Waals surface area contributed by atoms with Gasteiger partial charge < -0.3 is 5.73 Å². The molecule has 1 aliphatic rings. The molecule has 1 heterocycles. The molecule has 2 aromatic rings. The number of hydrogen-bond donors (Lipinski definition) is 1. The van der Waals surface area contributed by atoms with E-state index in [2.05, 4.69) is 4.98 Å². The van der Waals surface area contributed by atoms with Crippen LogP contribution in [0.15, 0.2) is 30.3 Å². The van der Waals surface area contributed by atoms with Crippen molar-refractivity contribution in [2.45, 2.75) is 6.42 Å². The number of nitriles is 1. The molecule has 1 aromatic heterocycles. The molecule has 0 fully saturated rings. The average molecular weight is 267 g/mol. The molecule has 3 rings (SSSR count). The summed E-state index contributed by atoms with van der Waals surface area (Å²) in [7, 11) is 0. The van der Waals surface area contributed by atoms with Crippen LogP contribution in [0.2, 0.25) is 0 Å². The van der Waals surface area contributed by atoms with E-state index in [1.165, 1.54) is 0 Å². The smallest absolute Gasteiger partial charge is 0.221 e. The molecule has 0 saturated carbocycles. The lowest BCUT2D eigenvalue weighted by atomic mass is 10.0. The number of Topliss-reactive ketones (excluding diaryl/α,β-unsaturated/α-hetero) is 1. The molecule has 0 amide bonds. The number of benzene rings is 1. The van der Waals surface area contributed by atoms with Crippen LogP contribution < -0.4 is 5.73 Å². The zero-order chi connectivity index (χ0) is 13.4. The van der Waals surface area contributed by atoms with Crippen LogP contribution in [0.4, 0.5) is 5.00 Å². The van der Waals surface area contributed by atoms with Crippen molar-refractivity contribution in [1.82, 2.24) is 4.98 Å². The Hall–Kier alpha value is -2.45. The number of carbonyl (C=O) groups excluding carboxylic acids is 1. The molecule has 0 spiro atoms. The fraction of sp³-hybridized carbons (Fsp3) is 0.0714. The number of rotatable bonds is 2. The topological polar surface area (TPSA) is 79.8 Å². The molecule has 0 saturated heterocycles. The lowest BCUT2D eigenvalue weighted by Crippen LogP contribution is -2.01. The Balaban J connectivity index is 2.00. The van der Waals surface area contributed by atoms with Crippen LogP contribution in [0.25, 0.3) is 5.57 Å². The van der Waals surface area contributed by atoms with Gasteiger partial charge in [-0.1, -0.05) is 41.7 Å². The lowest BCUT2D eigenvalue weighted by Gasteiger charge is -2.02. The van der Waals surface area contributed by atoms with E-state index in [4.69, 9.17) is 11.0 Å². The van der Waals surface area contributed by atoms with Gasteiger partial charge in [-0.05, 0) is 17.5 Å². The Labute approximate surface area is 113 Å². The van der Waals surface area contributed by atoms with E-state index in [9.17, 15) is 4.79 Å². The van der Waals surface area contributed by atoms with E-state index in [1.54, 1.807) is 0 Å². The maximum atomic E-state index is 12.4. The maximum absolute atomic E-state index is 12.4. The molecule has 2 N–H and O–H groups in total. The van der Waals surface area contributed by atoms with Gasteiger partial charge in [0.15, 0.2) is 10.7 Å². The third kappa shape index (κ3) is 1.83. The highest BCUT2D eigenvalue weighted by molar-refractivity contribution is 7.18. The summed E-state index contributed by atoms with van der Waals surface area (Å²) in [6.07, 6.45) is 2.65. The highest BCUT2D eigenvalue weighted by Gasteiger charge is 2.24. The number of thiazole rings is 1. The summed E-state index contributed by atoms with van der Waals surface area (Å²) >= 11 is 1.06. The van der Waals surface area contributed by atoms with Crippen LogP contribution >= 0.6 is 11.3 Å². The molecule has 19 heavy (non-hydrogen) atoms. The van der Waals surface area contributed by atoms with Crippen molar-refractivity contribution in [2.75, 3.05) is 5.73 Å². The van der Waals surface area contributed by atoms with Crippen LogP contribution in [0.5, 0.6) is 0 Å². The van der Waals surface area contributed by atoms with Gasteiger partial charge in [-0.15, -0.1) is 0 Å². The first-order valence-corrected chi connectivity index (χ1v) is 6.52. The Morgan fingerprint density at radius 2 is 2.21 bits per heavy atom. The Bertz CT molecular complexity index is 752. The number of carbonyl (C=O) groups is 1. The van der Waals surface area contributed by atoms with Crippen molar-refractivity contribution >= 4 is 27.7 Å². The predicted molar refractivity (Wildman–Crippen MR) is 73.7 cm³/mol. The van der Waals surface area contributed by atoms with E-state index < -0.39 is 0 Å². The molecule has 0 atom stereocenters. The minimum absolute atomic E-state index is 0.125. The fourth-order valence-corrected chi connectivity index (χ4v) is 2.86. The minimum Gasteiger partial charge on any atom is -0.388 e. The van der Waals surface area contributed by atoms with Gasteiger partial charge in [-0.2, -0.15) is 5.26 Å². The number of anilines is 1. The Morgan fingerprint density at radius 1 is 1.42 bits per heavy atom. The second kappa shape index (κ2) is 4.34. The summed E-state index contributed by atoms with van der Waals surface area (Å²) in [6.45, 7) is 0. The zero-order valence-corrected chi connectivity index (χ0v) is 10.7. The Kier molecular flexibility index (Phi) is 2.65.